The van der Waals surface area contributed by atoms with Crippen LogP contribution in [0.25, 0.3) is 22.0 Å². The molecule has 2 atom stereocenters. The molecule has 46 heavy (non-hydrogen) atoms. The van der Waals surface area contributed by atoms with Crippen molar-refractivity contribution in [3.05, 3.63) is 77.9 Å². The number of likely N-dealkylation sites (tertiary alicyclic amines) is 1. The Kier molecular flexibility index (Phi) is 9.12. The number of hydrogen-bond acceptors (Lipinski definition) is 9. The summed E-state index contributed by atoms with van der Waals surface area (Å²) >= 11 is 0. The van der Waals surface area contributed by atoms with Gasteiger partial charge in [-0.3, -0.25) is 0 Å². The molecular weight excluding hydrogens is 594 g/mol. The molecular formula is C34H34F2N6O4. The highest BCUT2D eigenvalue weighted by molar-refractivity contribution is 5.94. The van der Waals surface area contributed by atoms with Crippen molar-refractivity contribution in [2.75, 3.05) is 44.7 Å². The van der Waals surface area contributed by atoms with Crippen LogP contribution in [0.5, 0.6) is 11.8 Å². The minimum Gasteiger partial charge on any atom is -0.507 e. The van der Waals surface area contributed by atoms with Gasteiger partial charge in [0.15, 0.2) is 5.82 Å². The Hall–Kier alpha value is -5.02. The van der Waals surface area contributed by atoms with Gasteiger partial charge in [-0.05, 0) is 50.2 Å². The molecule has 3 heterocycles. The molecule has 1 aromatic heterocycles. The number of benzene rings is 3. The molecule has 10 nitrogen and oxygen atoms in total. The second-order valence-electron chi connectivity index (χ2n) is 11.6. The molecule has 238 valence electrons. The van der Waals surface area contributed by atoms with E-state index >= 15 is 4.39 Å². The molecule has 2 fully saturated rings. The van der Waals surface area contributed by atoms with Gasteiger partial charge in [0.1, 0.15) is 36.1 Å². The fourth-order valence-corrected chi connectivity index (χ4v) is 6.13. The molecule has 12 heteroatoms. The summed E-state index contributed by atoms with van der Waals surface area (Å²) in [7, 11) is 2.01. The average Bonchev–Trinajstić information content (AvgIpc) is 3.48. The third-order valence-electron chi connectivity index (χ3n) is 8.65. The molecule has 1 N–H and O–H groups in total. The molecule has 4 aromatic rings. The van der Waals surface area contributed by atoms with Crippen molar-refractivity contribution in [2.45, 2.75) is 38.0 Å². The number of rotatable bonds is 8. The largest absolute Gasteiger partial charge is 0.507 e. The number of carbonyl (C=O) groups is 1. The standard InChI is InChI=1S/C34H34F2N6O4/c1-40-16-6-9-24(40)21-45-33-38-31-26(13-12-25(30(31)36)29-27(35)10-5-11-28(29)43)32(39-33)41-17-18-42(23(19-41)14-15-37)34(44)46-20-22-7-3-2-4-8-22/h2-5,7-8,10-13,23-24,43H,6,9,14,16-21H2,1H3/t23-,24-/m0/s1. The summed E-state index contributed by atoms with van der Waals surface area (Å²) in [4.78, 5) is 27.8. The maximum Gasteiger partial charge on any atom is 0.410 e. The fourth-order valence-electron chi connectivity index (χ4n) is 6.13. The Morgan fingerprint density at radius 2 is 1.87 bits per heavy atom. The number of carbonyl (C=O) groups excluding carboxylic acids is 1. The number of likely N-dealkylation sites (N-methyl/N-ethyl adjacent to an activating group) is 1. The van der Waals surface area contributed by atoms with E-state index in [-0.39, 0.29) is 54.8 Å². The van der Waals surface area contributed by atoms with E-state index in [2.05, 4.69) is 16.0 Å². The van der Waals surface area contributed by atoms with Gasteiger partial charge in [-0.15, -0.1) is 0 Å². The first-order chi connectivity index (χ1) is 22.3. The quantitative estimate of drug-likeness (QED) is 0.270. The zero-order valence-corrected chi connectivity index (χ0v) is 25.4. The Morgan fingerprint density at radius 1 is 1.04 bits per heavy atom. The molecule has 3 aromatic carbocycles. The number of piperazine rings is 1. The summed E-state index contributed by atoms with van der Waals surface area (Å²) in [5.74, 6) is -1.64. The van der Waals surface area contributed by atoms with Crippen LogP contribution in [0, 0.1) is 23.0 Å². The van der Waals surface area contributed by atoms with E-state index in [4.69, 9.17) is 14.5 Å². The molecule has 0 radical (unpaired) electrons. The maximum atomic E-state index is 16.3. The van der Waals surface area contributed by atoms with Crippen LogP contribution in [-0.4, -0.2) is 82.9 Å². The minimum atomic E-state index is -0.832. The van der Waals surface area contributed by atoms with Crippen molar-refractivity contribution in [2.24, 2.45) is 0 Å². The summed E-state index contributed by atoms with van der Waals surface area (Å²) in [5.41, 5.74) is 0.332. The third-order valence-corrected chi connectivity index (χ3v) is 8.65. The number of phenolic OH excluding ortho intramolecular Hbond substituents is 1. The van der Waals surface area contributed by atoms with Crippen LogP contribution in [0.4, 0.5) is 19.4 Å². The first-order valence-electron chi connectivity index (χ1n) is 15.2. The second kappa shape index (κ2) is 13.5. The third kappa shape index (κ3) is 6.37. The summed E-state index contributed by atoms with van der Waals surface area (Å²) in [6.07, 6.45) is 1.50. The second-order valence-corrected chi connectivity index (χ2v) is 11.6. The van der Waals surface area contributed by atoms with Gasteiger partial charge in [0, 0.05) is 36.6 Å². The fraction of sp³-hybridized carbons (Fsp3) is 0.353. The molecule has 2 aliphatic rings. The van der Waals surface area contributed by atoms with Gasteiger partial charge in [0.2, 0.25) is 0 Å². The van der Waals surface area contributed by atoms with Crippen LogP contribution in [0.3, 0.4) is 0 Å². The molecule has 1 amide bonds. The van der Waals surface area contributed by atoms with E-state index in [0.717, 1.165) is 31.0 Å². The van der Waals surface area contributed by atoms with E-state index < -0.39 is 29.5 Å². The SMILES string of the molecule is CN1CCC[C@H]1COc1nc(N2CCN(C(=O)OCc3ccccc3)[C@@H](CC#N)C2)c2ccc(-c3c(O)cccc3F)c(F)c2n1. The van der Waals surface area contributed by atoms with E-state index in [0.29, 0.717) is 24.4 Å². The van der Waals surface area contributed by atoms with E-state index in [1.165, 1.54) is 18.2 Å². The number of nitrogens with zero attached hydrogens (tertiary/aromatic N) is 6. The van der Waals surface area contributed by atoms with Crippen molar-refractivity contribution >= 4 is 22.8 Å². The lowest BCUT2D eigenvalue weighted by Gasteiger charge is -2.40. The smallest absolute Gasteiger partial charge is 0.410 e. The monoisotopic (exact) mass is 628 g/mol. The van der Waals surface area contributed by atoms with Crippen LogP contribution < -0.4 is 9.64 Å². The van der Waals surface area contributed by atoms with Gasteiger partial charge >= 0.3 is 12.1 Å². The van der Waals surface area contributed by atoms with Crippen LogP contribution in [-0.2, 0) is 11.3 Å². The number of halogens is 2. The summed E-state index contributed by atoms with van der Waals surface area (Å²) in [5, 5.41) is 20.4. The molecule has 0 unspecified atom stereocenters. The molecule has 0 aliphatic carbocycles. The number of aromatic hydroxyl groups is 1. The maximum absolute atomic E-state index is 16.3. The van der Waals surface area contributed by atoms with Gasteiger partial charge < -0.3 is 29.3 Å². The lowest BCUT2D eigenvalue weighted by molar-refractivity contribution is 0.0768. The van der Waals surface area contributed by atoms with Gasteiger partial charge in [-0.2, -0.15) is 15.2 Å². The van der Waals surface area contributed by atoms with E-state index in [1.54, 1.807) is 11.0 Å². The lowest BCUT2D eigenvalue weighted by atomic mass is 10.0. The number of nitriles is 1. The average molecular weight is 629 g/mol. The molecule has 0 bridgehead atoms. The Balaban J connectivity index is 1.33. The van der Waals surface area contributed by atoms with Crippen molar-refractivity contribution in [1.82, 2.24) is 19.8 Å². The molecule has 2 saturated heterocycles. The molecule has 6 rings (SSSR count). The van der Waals surface area contributed by atoms with Crippen LogP contribution in [0.15, 0.2) is 60.7 Å². The van der Waals surface area contributed by atoms with Crippen LogP contribution >= 0.6 is 0 Å². The topological polar surface area (TPSA) is 115 Å². The number of anilines is 1. The van der Waals surface area contributed by atoms with Gasteiger partial charge in [0.25, 0.3) is 0 Å². The van der Waals surface area contributed by atoms with Crippen molar-refractivity contribution in [1.29, 1.82) is 5.26 Å². The van der Waals surface area contributed by atoms with Crippen LogP contribution in [0.1, 0.15) is 24.8 Å². The summed E-state index contributed by atoms with van der Waals surface area (Å²) < 4.78 is 42.7. The molecule has 0 saturated carbocycles. The number of aromatic nitrogens is 2. The van der Waals surface area contributed by atoms with Crippen molar-refractivity contribution in [3.63, 3.8) is 0 Å². The minimum absolute atomic E-state index is 0.0434. The Labute approximate surface area is 265 Å². The van der Waals surface area contributed by atoms with Crippen LogP contribution in [0.2, 0.25) is 0 Å². The van der Waals surface area contributed by atoms with Gasteiger partial charge in [-0.1, -0.05) is 42.5 Å². The Bertz CT molecular complexity index is 1750. The highest BCUT2D eigenvalue weighted by Gasteiger charge is 2.34. The normalized spacial score (nSPS) is 18.5. The predicted molar refractivity (Wildman–Crippen MR) is 167 cm³/mol. The van der Waals surface area contributed by atoms with Gasteiger partial charge in [-0.25, -0.2) is 13.6 Å². The summed E-state index contributed by atoms with van der Waals surface area (Å²) in [6, 6.07) is 17.8. The zero-order valence-electron chi connectivity index (χ0n) is 25.4. The number of phenols is 1. The van der Waals surface area contributed by atoms with Gasteiger partial charge in [0.05, 0.1) is 24.1 Å². The van der Waals surface area contributed by atoms with Crippen molar-refractivity contribution in [3.8, 4) is 29.0 Å². The first-order valence-corrected chi connectivity index (χ1v) is 15.2. The summed E-state index contributed by atoms with van der Waals surface area (Å²) in [6.45, 7) is 2.12. The highest BCUT2D eigenvalue weighted by Crippen LogP contribution is 2.38. The number of ether oxygens (including phenoxy) is 2. The predicted octanol–water partition coefficient (Wildman–Crippen LogP) is 5.49. The zero-order chi connectivity index (χ0) is 32.2. The first kappa shape index (κ1) is 31.0. The Morgan fingerprint density at radius 3 is 2.61 bits per heavy atom. The number of fused-ring (bicyclic) bond motifs is 1. The number of hydrogen-bond donors (Lipinski definition) is 1. The lowest BCUT2D eigenvalue weighted by Crippen LogP contribution is -2.55. The molecule has 0 spiro atoms. The number of amides is 1. The van der Waals surface area contributed by atoms with E-state index in [9.17, 15) is 19.6 Å². The highest BCUT2D eigenvalue weighted by atomic mass is 19.1. The van der Waals surface area contributed by atoms with E-state index in [1.807, 2.05) is 42.3 Å². The molecule has 2 aliphatic heterocycles. The van der Waals surface area contributed by atoms with Crippen molar-refractivity contribution < 1.29 is 28.2 Å².